The van der Waals surface area contributed by atoms with E-state index in [-0.39, 0.29) is 5.60 Å². The summed E-state index contributed by atoms with van der Waals surface area (Å²) in [6.45, 7) is 15.3. The molecule has 2 rings (SSSR count). The average molecular weight is 268 g/mol. The van der Waals surface area contributed by atoms with Gasteiger partial charge in [-0.15, -0.1) is 0 Å². The maximum Gasteiger partial charge on any atom is 0.0600 e. The number of hydrogen-bond acceptors (Lipinski definition) is 3. The molecular formula is C16H32N2O. The van der Waals surface area contributed by atoms with Crippen molar-refractivity contribution in [1.29, 1.82) is 0 Å². The molecule has 0 spiro atoms. The van der Waals surface area contributed by atoms with Crippen LogP contribution in [0.5, 0.6) is 0 Å². The van der Waals surface area contributed by atoms with Crippen molar-refractivity contribution < 1.29 is 4.74 Å². The van der Waals surface area contributed by atoms with E-state index < -0.39 is 0 Å². The molecule has 0 aromatic carbocycles. The molecule has 0 amide bonds. The number of nitrogens with one attached hydrogen (secondary N) is 1. The van der Waals surface area contributed by atoms with Gasteiger partial charge < -0.3 is 10.1 Å². The van der Waals surface area contributed by atoms with Gasteiger partial charge in [-0.3, -0.25) is 4.90 Å². The SMILES string of the molecule is CCC1(C)CNC(C2CC2)CN1CCOC(C)(C)C. The summed E-state index contributed by atoms with van der Waals surface area (Å²) in [5.74, 6) is 0.937. The van der Waals surface area contributed by atoms with Gasteiger partial charge >= 0.3 is 0 Å². The van der Waals surface area contributed by atoms with E-state index in [0.29, 0.717) is 11.6 Å². The standard InChI is InChI=1S/C16H32N2O/c1-6-16(5)12-17-14(13-7-8-13)11-18(16)9-10-19-15(2,3)4/h13-14,17H,6-12H2,1-5H3. The summed E-state index contributed by atoms with van der Waals surface area (Å²) in [4.78, 5) is 2.66. The first-order chi connectivity index (χ1) is 8.84. The fourth-order valence-electron chi connectivity index (χ4n) is 2.97. The highest BCUT2D eigenvalue weighted by Gasteiger charge is 2.41. The van der Waals surface area contributed by atoms with Crippen LogP contribution in [0.1, 0.15) is 53.9 Å². The monoisotopic (exact) mass is 268 g/mol. The van der Waals surface area contributed by atoms with Crippen molar-refractivity contribution in [2.45, 2.75) is 71.1 Å². The van der Waals surface area contributed by atoms with Gasteiger partial charge in [0.2, 0.25) is 0 Å². The number of ether oxygens (including phenoxy) is 1. The van der Waals surface area contributed by atoms with Crippen LogP contribution in [0.3, 0.4) is 0 Å². The molecule has 19 heavy (non-hydrogen) atoms. The van der Waals surface area contributed by atoms with E-state index in [2.05, 4.69) is 44.8 Å². The van der Waals surface area contributed by atoms with E-state index in [1.807, 2.05) is 0 Å². The Morgan fingerprint density at radius 3 is 2.53 bits per heavy atom. The molecule has 112 valence electrons. The van der Waals surface area contributed by atoms with Crippen LogP contribution in [-0.2, 0) is 4.74 Å². The van der Waals surface area contributed by atoms with Gasteiger partial charge in [-0.1, -0.05) is 6.92 Å². The molecule has 1 N–H and O–H groups in total. The van der Waals surface area contributed by atoms with E-state index in [4.69, 9.17) is 4.74 Å². The normalized spacial score (nSPS) is 33.6. The summed E-state index contributed by atoms with van der Waals surface area (Å²) in [7, 11) is 0. The predicted octanol–water partition coefficient (Wildman–Crippen LogP) is 2.65. The molecule has 0 radical (unpaired) electrons. The van der Waals surface area contributed by atoms with Crippen molar-refractivity contribution >= 4 is 0 Å². The minimum absolute atomic E-state index is 0.0213. The second kappa shape index (κ2) is 5.71. The molecule has 1 heterocycles. The van der Waals surface area contributed by atoms with Crippen LogP contribution in [0.2, 0.25) is 0 Å². The first-order valence-corrected chi connectivity index (χ1v) is 7.96. The Kier molecular flexibility index (Phi) is 4.59. The van der Waals surface area contributed by atoms with Gasteiger partial charge in [0.15, 0.2) is 0 Å². The molecule has 0 aromatic heterocycles. The zero-order chi connectivity index (χ0) is 14.1. The number of hydrogen-bond donors (Lipinski definition) is 1. The Balaban J connectivity index is 1.88. The second-order valence-corrected chi connectivity index (χ2v) is 7.58. The Bertz CT molecular complexity index is 296. The topological polar surface area (TPSA) is 24.5 Å². The third-order valence-electron chi connectivity index (χ3n) is 4.77. The minimum atomic E-state index is -0.0213. The van der Waals surface area contributed by atoms with Gasteiger partial charge in [0.05, 0.1) is 12.2 Å². The van der Waals surface area contributed by atoms with Crippen LogP contribution in [-0.4, -0.2) is 48.3 Å². The summed E-state index contributed by atoms with van der Waals surface area (Å²) in [5.41, 5.74) is 0.277. The molecule has 2 fully saturated rings. The van der Waals surface area contributed by atoms with Gasteiger partial charge in [0.1, 0.15) is 0 Å². The maximum atomic E-state index is 5.92. The fourth-order valence-corrected chi connectivity index (χ4v) is 2.97. The van der Waals surface area contributed by atoms with E-state index in [1.54, 1.807) is 0 Å². The predicted molar refractivity (Wildman–Crippen MR) is 80.5 cm³/mol. The molecule has 1 aliphatic heterocycles. The zero-order valence-corrected chi connectivity index (χ0v) is 13.5. The van der Waals surface area contributed by atoms with E-state index in [1.165, 1.54) is 25.8 Å². The smallest absolute Gasteiger partial charge is 0.0600 e. The quantitative estimate of drug-likeness (QED) is 0.829. The first-order valence-electron chi connectivity index (χ1n) is 7.96. The molecule has 1 saturated carbocycles. The number of nitrogens with zero attached hydrogens (tertiary/aromatic N) is 1. The van der Waals surface area contributed by atoms with Crippen molar-refractivity contribution in [3.8, 4) is 0 Å². The van der Waals surface area contributed by atoms with Crippen LogP contribution in [0.25, 0.3) is 0 Å². The molecule has 1 saturated heterocycles. The molecule has 3 heteroatoms. The van der Waals surface area contributed by atoms with Crippen LogP contribution in [0.4, 0.5) is 0 Å². The van der Waals surface area contributed by atoms with E-state index in [9.17, 15) is 0 Å². The molecular weight excluding hydrogens is 236 g/mol. The van der Waals surface area contributed by atoms with E-state index >= 15 is 0 Å². The minimum Gasteiger partial charge on any atom is -0.375 e. The molecule has 0 bridgehead atoms. The molecule has 1 aliphatic carbocycles. The third-order valence-corrected chi connectivity index (χ3v) is 4.77. The molecule has 2 aliphatic rings. The lowest BCUT2D eigenvalue weighted by Crippen LogP contribution is -2.64. The lowest BCUT2D eigenvalue weighted by atomic mass is 9.91. The van der Waals surface area contributed by atoms with Crippen LogP contribution in [0.15, 0.2) is 0 Å². The van der Waals surface area contributed by atoms with Gasteiger partial charge in [0, 0.05) is 31.2 Å². The number of piperazine rings is 1. The molecule has 2 atom stereocenters. The second-order valence-electron chi connectivity index (χ2n) is 7.58. The highest BCUT2D eigenvalue weighted by atomic mass is 16.5. The molecule has 3 nitrogen and oxygen atoms in total. The summed E-state index contributed by atoms with van der Waals surface area (Å²) in [6, 6.07) is 0.717. The largest absolute Gasteiger partial charge is 0.375 e. The Hall–Kier alpha value is -0.120. The Morgan fingerprint density at radius 1 is 1.32 bits per heavy atom. The Labute approximate surface area is 119 Å². The zero-order valence-electron chi connectivity index (χ0n) is 13.5. The summed E-state index contributed by atoms with van der Waals surface area (Å²) < 4.78 is 5.92. The van der Waals surface area contributed by atoms with Crippen molar-refractivity contribution in [1.82, 2.24) is 10.2 Å². The fraction of sp³-hybridized carbons (Fsp3) is 1.00. The summed E-state index contributed by atoms with van der Waals surface area (Å²) >= 11 is 0. The third kappa shape index (κ3) is 4.17. The highest BCUT2D eigenvalue weighted by molar-refractivity contribution is 4.99. The average Bonchev–Trinajstić information content (AvgIpc) is 3.14. The first kappa shape index (κ1) is 15.3. The van der Waals surface area contributed by atoms with Gasteiger partial charge in [-0.2, -0.15) is 0 Å². The van der Waals surface area contributed by atoms with Gasteiger partial charge in [-0.05, 0) is 52.9 Å². The highest BCUT2D eigenvalue weighted by Crippen LogP contribution is 2.36. The molecule has 0 aromatic rings. The van der Waals surface area contributed by atoms with Gasteiger partial charge in [-0.25, -0.2) is 0 Å². The van der Waals surface area contributed by atoms with Crippen molar-refractivity contribution in [3.63, 3.8) is 0 Å². The van der Waals surface area contributed by atoms with Crippen LogP contribution in [0, 0.1) is 5.92 Å². The summed E-state index contributed by atoms with van der Waals surface area (Å²) in [5, 5.41) is 3.78. The van der Waals surface area contributed by atoms with Gasteiger partial charge in [0.25, 0.3) is 0 Å². The summed E-state index contributed by atoms with van der Waals surface area (Å²) in [6.07, 6.45) is 4.05. The van der Waals surface area contributed by atoms with Crippen LogP contribution < -0.4 is 5.32 Å². The maximum absolute atomic E-state index is 5.92. The van der Waals surface area contributed by atoms with E-state index in [0.717, 1.165) is 25.6 Å². The van der Waals surface area contributed by atoms with Crippen molar-refractivity contribution in [2.24, 2.45) is 5.92 Å². The number of rotatable bonds is 5. The van der Waals surface area contributed by atoms with Crippen molar-refractivity contribution in [2.75, 3.05) is 26.2 Å². The molecule has 2 unspecified atom stereocenters. The lowest BCUT2D eigenvalue weighted by Gasteiger charge is -2.48. The van der Waals surface area contributed by atoms with Crippen molar-refractivity contribution in [3.05, 3.63) is 0 Å². The Morgan fingerprint density at radius 2 is 2.00 bits per heavy atom. The van der Waals surface area contributed by atoms with Crippen LogP contribution >= 0.6 is 0 Å². The lowest BCUT2D eigenvalue weighted by molar-refractivity contribution is -0.0381.